The van der Waals surface area contributed by atoms with Gasteiger partial charge in [0.25, 0.3) is 0 Å². The molecule has 0 bridgehead atoms. The zero-order valence-corrected chi connectivity index (χ0v) is 21.5. The molecule has 2 aromatic heterocycles. The number of aromatic nitrogens is 4. The number of hydrogen-bond acceptors (Lipinski definition) is 5. The fourth-order valence-electron chi connectivity index (χ4n) is 4.62. The minimum atomic E-state index is -0.478. The lowest BCUT2D eigenvalue weighted by Gasteiger charge is -2.32. The maximum Gasteiger partial charge on any atom is 0.343 e. The number of nitrogens with one attached hydrogen (secondary N) is 1. The number of carbonyl (C=O) groups excluding carboxylic acids is 2. The topological polar surface area (TPSA) is 93.1 Å². The van der Waals surface area contributed by atoms with Gasteiger partial charge in [0.05, 0.1) is 18.0 Å². The van der Waals surface area contributed by atoms with Crippen LogP contribution >= 0.6 is 0 Å². The quantitative estimate of drug-likeness (QED) is 0.421. The van der Waals surface area contributed by atoms with Crippen LogP contribution in [0, 0.1) is 11.8 Å². The molecule has 1 aliphatic rings. The van der Waals surface area contributed by atoms with Gasteiger partial charge in [0.15, 0.2) is 5.82 Å². The first-order valence-corrected chi connectivity index (χ1v) is 12.7. The minimum Gasteiger partial charge on any atom is -0.462 e. The summed E-state index contributed by atoms with van der Waals surface area (Å²) in [5.41, 5.74) is 3.01. The van der Waals surface area contributed by atoms with E-state index in [1.165, 1.54) is 0 Å². The summed E-state index contributed by atoms with van der Waals surface area (Å²) in [5.74, 6) is 0.508. The Kier molecular flexibility index (Phi) is 8.03. The summed E-state index contributed by atoms with van der Waals surface area (Å²) in [5, 5.41) is 11.6. The van der Waals surface area contributed by atoms with Gasteiger partial charge in [0.2, 0.25) is 5.91 Å². The van der Waals surface area contributed by atoms with Crippen LogP contribution in [-0.2, 0) is 9.53 Å². The third kappa shape index (κ3) is 5.75. The summed E-state index contributed by atoms with van der Waals surface area (Å²) < 4.78 is 6.97. The van der Waals surface area contributed by atoms with Crippen LogP contribution in [0.5, 0.6) is 0 Å². The summed E-state index contributed by atoms with van der Waals surface area (Å²) in [6, 6.07) is 9.56. The van der Waals surface area contributed by atoms with Crippen molar-refractivity contribution in [3.8, 4) is 5.69 Å². The van der Waals surface area contributed by atoms with Gasteiger partial charge in [-0.3, -0.25) is 14.8 Å². The molecule has 1 aliphatic carbocycles. The Balaban J connectivity index is 1.65. The number of benzene rings is 1. The molecule has 1 amide bonds. The van der Waals surface area contributed by atoms with Crippen molar-refractivity contribution in [1.82, 2.24) is 20.0 Å². The average molecular weight is 490 g/mol. The van der Waals surface area contributed by atoms with Gasteiger partial charge >= 0.3 is 5.97 Å². The minimum absolute atomic E-state index is 0.0343. The molecule has 4 rings (SSSR count). The molecule has 0 aliphatic heterocycles. The van der Waals surface area contributed by atoms with Gasteiger partial charge in [-0.15, -0.1) is 5.10 Å². The number of rotatable bonds is 8. The number of hydrogen-bond donors (Lipinski definition) is 1. The normalized spacial score (nSPS) is 18.0. The van der Waals surface area contributed by atoms with Gasteiger partial charge in [0, 0.05) is 24.4 Å². The largest absolute Gasteiger partial charge is 0.462 e. The van der Waals surface area contributed by atoms with Crippen molar-refractivity contribution in [1.29, 1.82) is 0 Å². The lowest BCUT2D eigenvalue weighted by atomic mass is 9.82. The predicted octanol–water partition coefficient (Wildman–Crippen LogP) is 5.51. The van der Waals surface area contributed by atoms with Crippen LogP contribution in [0.2, 0.25) is 0 Å². The molecule has 0 spiro atoms. The Morgan fingerprint density at radius 1 is 1.14 bits per heavy atom. The second-order valence-corrected chi connectivity index (χ2v) is 9.73. The first-order chi connectivity index (χ1) is 17.4. The first-order valence-electron chi connectivity index (χ1n) is 12.7. The van der Waals surface area contributed by atoms with Gasteiger partial charge < -0.3 is 4.74 Å². The molecule has 1 N–H and O–H groups in total. The van der Waals surface area contributed by atoms with E-state index in [2.05, 4.69) is 17.1 Å². The van der Waals surface area contributed by atoms with Crippen molar-refractivity contribution in [2.45, 2.75) is 59.4 Å². The first kappa shape index (κ1) is 25.4. The molecule has 8 nitrogen and oxygen atoms in total. The number of carbonyl (C=O) groups is 2. The van der Waals surface area contributed by atoms with E-state index in [0.717, 1.165) is 42.6 Å². The van der Waals surface area contributed by atoms with E-state index >= 15 is 0 Å². The van der Waals surface area contributed by atoms with Crippen molar-refractivity contribution in [2.75, 3.05) is 11.5 Å². The summed E-state index contributed by atoms with van der Waals surface area (Å²) >= 11 is 0. The second kappa shape index (κ2) is 11.4. The molecule has 1 fully saturated rings. The third-order valence-corrected chi connectivity index (χ3v) is 6.67. The SMILES string of the molecule is CCOC(=O)c1cn(-c2ccc(/C=C\c3ccn[nH]3)cc2)nc1N(C(=O)C1CCC(C)CC1)C(C)C. The monoisotopic (exact) mass is 489 g/mol. The number of H-pyrrole nitrogens is 1. The molecule has 36 heavy (non-hydrogen) atoms. The van der Waals surface area contributed by atoms with E-state index in [9.17, 15) is 9.59 Å². The smallest absolute Gasteiger partial charge is 0.343 e. The maximum atomic E-state index is 13.6. The van der Waals surface area contributed by atoms with Gasteiger partial charge in [-0.05, 0) is 82.2 Å². The van der Waals surface area contributed by atoms with Crippen molar-refractivity contribution in [3.05, 3.63) is 59.5 Å². The lowest BCUT2D eigenvalue weighted by Crippen LogP contribution is -2.43. The van der Waals surface area contributed by atoms with E-state index in [4.69, 9.17) is 9.84 Å². The Labute approximate surface area is 212 Å². The molecule has 3 aromatic rings. The Hall–Kier alpha value is -3.68. The maximum absolute atomic E-state index is 13.6. The number of anilines is 1. The van der Waals surface area contributed by atoms with Crippen LogP contribution in [0.1, 0.15) is 75.0 Å². The standard InChI is InChI=1S/C28H35N5O3/c1-5-36-28(35)25-18-32(24-14-9-21(10-15-24)8-13-23-16-17-29-30-23)31-26(25)33(19(2)3)27(34)22-11-6-20(4)7-12-22/h8-10,13-20,22H,5-7,11-12H2,1-4H3,(H,29,30)/b13-8-. The highest BCUT2D eigenvalue weighted by molar-refractivity contribution is 6.02. The fraction of sp³-hybridized carbons (Fsp3) is 0.429. The van der Waals surface area contributed by atoms with Gasteiger partial charge in [0.1, 0.15) is 5.56 Å². The van der Waals surface area contributed by atoms with Crippen LogP contribution in [-0.4, -0.2) is 44.5 Å². The Morgan fingerprint density at radius 3 is 2.47 bits per heavy atom. The highest BCUT2D eigenvalue weighted by Crippen LogP contribution is 2.33. The molecule has 0 unspecified atom stereocenters. The average Bonchev–Trinajstić information content (AvgIpc) is 3.54. The zero-order chi connectivity index (χ0) is 25.7. The summed E-state index contributed by atoms with van der Waals surface area (Å²) in [4.78, 5) is 28.2. The zero-order valence-electron chi connectivity index (χ0n) is 21.5. The van der Waals surface area contributed by atoms with Crippen LogP contribution in [0.15, 0.2) is 42.7 Å². The van der Waals surface area contributed by atoms with E-state index < -0.39 is 5.97 Å². The Morgan fingerprint density at radius 2 is 1.86 bits per heavy atom. The molecule has 8 heteroatoms. The summed E-state index contributed by atoms with van der Waals surface area (Å²) in [6.07, 6.45) is 11.1. The van der Waals surface area contributed by atoms with Crippen molar-refractivity contribution < 1.29 is 14.3 Å². The molecular weight excluding hydrogens is 454 g/mol. The molecule has 0 saturated heterocycles. The van der Waals surface area contributed by atoms with Gasteiger partial charge in [-0.1, -0.05) is 25.1 Å². The molecule has 0 atom stereocenters. The molecule has 1 aromatic carbocycles. The fourth-order valence-corrected chi connectivity index (χ4v) is 4.62. The van der Waals surface area contributed by atoms with Crippen LogP contribution in [0.3, 0.4) is 0 Å². The number of aromatic amines is 1. The van der Waals surface area contributed by atoms with E-state index in [1.807, 2.05) is 56.3 Å². The van der Waals surface area contributed by atoms with E-state index in [1.54, 1.807) is 28.9 Å². The van der Waals surface area contributed by atoms with Crippen LogP contribution in [0.25, 0.3) is 17.8 Å². The van der Waals surface area contributed by atoms with Crippen molar-refractivity contribution in [3.63, 3.8) is 0 Å². The molecule has 2 heterocycles. The molecule has 0 radical (unpaired) electrons. The number of ether oxygens (including phenoxy) is 1. The van der Waals surface area contributed by atoms with Crippen LogP contribution in [0.4, 0.5) is 5.82 Å². The van der Waals surface area contributed by atoms with Crippen molar-refractivity contribution in [2.24, 2.45) is 11.8 Å². The van der Waals surface area contributed by atoms with Crippen molar-refractivity contribution >= 4 is 29.8 Å². The predicted molar refractivity (Wildman–Crippen MR) is 141 cm³/mol. The Bertz CT molecular complexity index is 1190. The molecular formula is C28H35N5O3. The highest BCUT2D eigenvalue weighted by Gasteiger charge is 2.34. The van der Waals surface area contributed by atoms with E-state index in [0.29, 0.717) is 17.3 Å². The van der Waals surface area contributed by atoms with Gasteiger partial charge in [-0.2, -0.15) is 5.10 Å². The third-order valence-electron chi connectivity index (χ3n) is 6.67. The van der Waals surface area contributed by atoms with E-state index in [-0.39, 0.29) is 24.5 Å². The number of amides is 1. The molecule has 190 valence electrons. The lowest BCUT2D eigenvalue weighted by molar-refractivity contribution is -0.124. The van der Waals surface area contributed by atoms with Gasteiger partial charge in [-0.25, -0.2) is 9.48 Å². The highest BCUT2D eigenvalue weighted by atomic mass is 16.5. The number of esters is 1. The van der Waals surface area contributed by atoms with Crippen LogP contribution < -0.4 is 4.90 Å². The summed E-state index contributed by atoms with van der Waals surface area (Å²) in [6.45, 7) is 8.17. The number of nitrogens with zero attached hydrogens (tertiary/aromatic N) is 4. The summed E-state index contributed by atoms with van der Waals surface area (Å²) in [7, 11) is 0. The second-order valence-electron chi connectivity index (χ2n) is 9.73. The molecule has 1 saturated carbocycles.